The van der Waals surface area contributed by atoms with E-state index in [1.54, 1.807) is 0 Å². The van der Waals surface area contributed by atoms with E-state index in [-0.39, 0.29) is 0 Å². The Balaban J connectivity index is 1.36. The van der Waals surface area contributed by atoms with Crippen molar-refractivity contribution >= 4 is 0 Å². The average Bonchev–Trinajstić information content (AvgIpc) is 3.27. The maximum Gasteiger partial charge on any atom is 0.213 e. The third-order valence-electron chi connectivity index (χ3n) is 5.65. The second kappa shape index (κ2) is 9.03. The van der Waals surface area contributed by atoms with Crippen molar-refractivity contribution in [1.29, 1.82) is 0 Å². The van der Waals surface area contributed by atoms with Crippen LogP contribution in [0.3, 0.4) is 0 Å². The summed E-state index contributed by atoms with van der Waals surface area (Å²) in [4.78, 5) is 4.49. The van der Waals surface area contributed by atoms with Crippen LogP contribution in [0.1, 0.15) is 42.4 Å². The molecule has 3 heteroatoms. The van der Waals surface area contributed by atoms with E-state index in [2.05, 4.69) is 65.8 Å². The Morgan fingerprint density at radius 1 is 0.964 bits per heavy atom. The Labute approximate surface area is 167 Å². The van der Waals surface area contributed by atoms with Crippen molar-refractivity contribution in [1.82, 2.24) is 10.3 Å². The zero-order valence-electron chi connectivity index (χ0n) is 16.5. The quantitative estimate of drug-likeness (QED) is 0.580. The third-order valence-corrected chi connectivity index (χ3v) is 5.65. The lowest BCUT2D eigenvalue weighted by atomic mass is 9.97. The van der Waals surface area contributed by atoms with Gasteiger partial charge in [0.25, 0.3) is 0 Å². The van der Waals surface area contributed by atoms with Crippen LogP contribution in [-0.2, 0) is 13.2 Å². The summed E-state index contributed by atoms with van der Waals surface area (Å²) in [6.45, 7) is 3.57. The van der Waals surface area contributed by atoms with Gasteiger partial charge in [0.1, 0.15) is 6.61 Å². The highest BCUT2D eigenvalue weighted by Crippen LogP contribution is 2.26. The highest BCUT2D eigenvalue weighted by molar-refractivity contribution is 5.68. The Morgan fingerprint density at radius 3 is 2.54 bits per heavy atom. The van der Waals surface area contributed by atoms with E-state index < -0.39 is 0 Å². The maximum atomic E-state index is 5.97. The van der Waals surface area contributed by atoms with Gasteiger partial charge in [-0.25, -0.2) is 4.98 Å². The van der Waals surface area contributed by atoms with Crippen LogP contribution in [0.5, 0.6) is 5.88 Å². The first kappa shape index (κ1) is 18.7. The van der Waals surface area contributed by atoms with Crippen LogP contribution >= 0.6 is 0 Å². The summed E-state index contributed by atoms with van der Waals surface area (Å²) in [5, 5.41) is 3.62. The van der Waals surface area contributed by atoms with Crippen LogP contribution in [0, 0.1) is 6.92 Å². The normalized spacial score (nSPS) is 14.3. The van der Waals surface area contributed by atoms with Crippen LogP contribution in [0.2, 0.25) is 0 Å². The number of aromatic nitrogens is 1. The van der Waals surface area contributed by atoms with Crippen LogP contribution < -0.4 is 10.1 Å². The third kappa shape index (κ3) is 4.60. The van der Waals surface area contributed by atoms with Crippen molar-refractivity contribution in [2.75, 3.05) is 0 Å². The minimum Gasteiger partial charge on any atom is -0.473 e. The fraction of sp³-hybridized carbons (Fsp3) is 0.320. The lowest BCUT2D eigenvalue weighted by Crippen LogP contribution is -2.25. The molecule has 0 saturated heterocycles. The van der Waals surface area contributed by atoms with Crippen molar-refractivity contribution in [3.63, 3.8) is 0 Å². The Hall–Kier alpha value is -2.65. The van der Waals surface area contributed by atoms with Gasteiger partial charge >= 0.3 is 0 Å². The predicted molar refractivity (Wildman–Crippen MR) is 114 cm³/mol. The van der Waals surface area contributed by atoms with Crippen molar-refractivity contribution in [3.8, 4) is 17.0 Å². The Kier molecular flexibility index (Phi) is 6.03. The number of rotatable bonds is 7. The molecular weight excluding hydrogens is 344 g/mol. The van der Waals surface area contributed by atoms with Crippen LogP contribution in [-0.4, -0.2) is 11.0 Å². The molecule has 1 heterocycles. The minimum atomic E-state index is 0.527. The molecule has 1 aromatic heterocycles. The molecule has 0 amide bonds. The van der Waals surface area contributed by atoms with Crippen molar-refractivity contribution < 1.29 is 4.74 Å². The lowest BCUT2D eigenvalue weighted by Gasteiger charge is -2.13. The first-order valence-electron chi connectivity index (χ1n) is 10.2. The van der Waals surface area contributed by atoms with Gasteiger partial charge in [0, 0.05) is 24.8 Å². The SMILES string of the molecule is Cc1c(COc2ccc(CNC3CCCC3)cn2)cccc1-c1ccccc1. The average molecular weight is 373 g/mol. The van der Waals surface area contributed by atoms with Gasteiger partial charge in [-0.3, -0.25) is 0 Å². The molecule has 0 atom stereocenters. The summed E-state index contributed by atoms with van der Waals surface area (Å²) in [7, 11) is 0. The molecule has 28 heavy (non-hydrogen) atoms. The second-order valence-corrected chi connectivity index (χ2v) is 7.61. The van der Waals surface area contributed by atoms with E-state index in [1.807, 2.05) is 18.3 Å². The van der Waals surface area contributed by atoms with E-state index in [9.17, 15) is 0 Å². The van der Waals surface area contributed by atoms with E-state index in [0.29, 0.717) is 18.5 Å². The minimum absolute atomic E-state index is 0.527. The number of ether oxygens (including phenoxy) is 1. The van der Waals surface area contributed by atoms with Crippen LogP contribution in [0.4, 0.5) is 0 Å². The van der Waals surface area contributed by atoms with E-state index >= 15 is 0 Å². The highest BCUT2D eigenvalue weighted by Gasteiger charge is 2.13. The molecule has 0 radical (unpaired) electrons. The number of nitrogens with one attached hydrogen (secondary N) is 1. The lowest BCUT2D eigenvalue weighted by molar-refractivity contribution is 0.293. The van der Waals surface area contributed by atoms with Gasteiger partial charge in [-0.15, -0.1) is 0 Å². The zero-order chi connectivity index (χ0) is 19.2. The van der Waals surface area contributed by atoms with Gasteiger partial charge in [0.05, 0.1) is 0 Å². The molecule has 0 aliphatic heterocycles. The highest BCUT2D eigenvalue weighted by atomic mass is 16.5. The van der Waals surface area contributed by atoms with Crippen LogP contribution in [0.15, 0.2) is 66.9 Å². The molecule has 1 saturated carbocycles. The van der Waals surface area contributed by atoms with Crippen molar-refractivity contribution in [2.45, 2.75) is 51.8 Å². The molecule has 0 spiro atoms. The number of hydrogen-bond donors (Lipinski definition) is 1. The van der Waals surface area contributed by atoms with E-state index in [0.717, 1.165) is 6.54 Å². The number of nitrogens with zero attached hydrogens (tertiary/aromatic N) is 1. The number of benzene rings is 2. The fourth-order valence-electron chi connectivity index (χ4n) is 3.91. The molecule has 3 nitrogen and oxygen atoms in total. The van der Waals surface area contributed by atoms with Gasteiger partial charge < -0.3 is 10.1 Å². The Bertz CT molecular complexity index is 884. The predicted octanol–water partition coefficient (Wildman–Crippen LogP) is 5.67. The van der Waals surface area contributed by atoms with Gasteiger partial charge in [0.2, 0.25) is 5.88 Å². The van der Waals surface area contributed by atoms with Gasteiger partial charge in [0.15, 0.2) is 0 Å². The molecule has 3 aromatic rings. The van der Waals surface area contributed by atoms with Crippen LogP contribution in [0.25, 0.3) is 11.1 Å². The van der Waals surface area contributed by atoms with Crippen molar-refractivity contribution in [2.24, 2.45) is 0 Å². The van der Waals surface area contributed by atoms with E-state index in [1.165, 1.54) is 53.5 Å². The van der Waals surface area contributed by atoms with Gasteiger partial charge in [-0.1, -0.05) is 67.4 Å². The first-order chi connectivity index (χ1) is 13.8. The number of pyridine rings is 1. The standard InChI is InChI=1S/C25H28N2O/c1-19-22(10-7-13-24(19)21-8-3-2-4-9-21)18-28-25-15-14-20(17-27-25)16-26-23-11-5-6-12-23/h2-4,7-10,13-15,17,23,26H,5-6,11-12,16,18H2,1H3. The van der Waals surface area contributed by atoms with Crippen molar-refractivity contribution in [3.05, 3.63) is 83.6 Å². The second-order valence-electron chi connectivity index (χ2n) is 7.61. The molecule has 144 valence electrons. The van der Waals surface area contributed by atoms with Gasteiger partial charge in [-0.2, -0.15) is 0 Å². The summed E-state index contributed by atoms with van der Waals surface area (Å²) in [5.41, 5.74) is 6.14. The Morgan fingerprint density at radius 2 is 1.79 bits per heavy atom. The first-order valence-corrected chi connectivity index (χ1v) is 10.2. The van der Waals surface area contributed by atoms with E-state index in [4.69, 9.17) is 4.74 Å². The number of hydrogen-bond acceptors (Lipinski definition) is 3. The molecule has 0 bridgehead atoms. The molecule has 4 rings (SSSR count). The summed E-state index contributed by atoms with van der Waals surface area (Å²) < 4.78 is 5.97. The molecule has 0 unspecified atom stereocenters. The van der Waals surface area contributed by atoms with Gasteiger partial charge in [-0.05, 0) is 47.6 Å². The molecule has 1 fully saturated rings. The maximum absolute atomic E-state index is 5.97. The summed E-state index contributed by atoms with van der Waals surface area (Å²) in [6.07, 6.45) is 7.23. The summed E-state index contributed by atoms with van der Waals surface area (Å²) in [6, 6.07) is 21.6. The topological polar surface area (TPSA) is 34.1 Å². The molecular formula is C25H28N2O. The molecule has 1 N–H and O–H groups in total. The largest absolute Gasteiger partial charge is 0.473 e. The fourth-order valence-corrected chi connectivity index (χ4v) is 3.91. The smallest absolute Gasteiger partial charge is 0.213 e. The summed E-state index contributed by atoms with van der Waals surface area (Å²) in [5.74, 6) is 0.675. The monoisotopic (exact) mass is 372 g/mol. The zero-order valence-corrected chi connectivity index (χ0v) is 16.5. The molecule has 1 aliphatic carbocycles. The molecule has 1 aliphatic rings. The molecule has 2 aromatic carbocycles. The summed E-state index contributed by atoms with van der Waals surface area (Å²) >= 11 is 0.